The Balaban J connectivity index is 1.77. The van der Waals surface area contributed by atoms with Crippen molar-refractivity contribution in [1.29, 1.82) is 0 Å². The van der Waals surface area contributed by atoms with E-state index in [1.807, 2.05) is 59.5 Å². The van der Waals surface area contributed by atoms with Crippen LogP contribution in [0.1, 0.15) is 5.56 Å². The molecule has 0 spiro atoms. The highest BCUT2D eigenvalue weighted by molar-refractivity contribution is 6.09. The minimum atomic E-state index is -0.0370. The van der Waals surface area contributed by atoms with Crippen LogP contribution >= 0.6 is 0 Å². The van der Waals surface area contributed by atoms with Gasteiger partial charge in [-0.1, -0.05) is 35.5 Å². The van der Waals surface area contributed by atoms with Gasteiger partial charge in [0.15, 0.2) is 17.2 Å². The number of amides is 1. The molecule has 1 heterocycles. The molecule has 0 radical (unpaired) electrons. The summed E-state index contributed by atoms with van der Waals surface area (Å²) in [6.07, 6.45) is 6.87. The van der Waals surface area contributed by atoms with Crippen LogP contribution in [-0.2, 0) is 4.79 Å². The molecule has 32 heavy (non-hydrogen) atoms. The van der Waals surface area contributed by atoms with Gasteiger partial charge < -0.3 is 24.1 Å². The number of likely N-dealkylation sites (N-methyl/N-ethyl adjacent to an activating group) is 1. The number of carbonyl (C=O) groups is 1. The molecule has 168 valence electrons. The number of para-hydroxylation sites is 1. The van der Waals surface area contributed by atoms with E-state index < -0.39 is 0 Å². The monoisotopic (exact) mass is 435 g/mol. The van der Waals surface area contributed by atoms with Gasteiger partial charge in [-0.2, -0.15) is 0 Å². The molecule has 2 aromatic carbocycles. The summed E-state index contributed by atoms with van der Waals surface area (Å²) < 4.78 is 10.6. The SMILES string of the molecule is COc1ccc(C=CC(C=CC(=O)N2CCN(C)CC2)=NOc2ccccc2)cc1OC. The van der Waals surface area contributed by atoms with Crippen LogP contribution in [0.15, 0.2) is 71.9 Å². The number of oxime groups is 1. The molecule has 0 bridgehead atoms. The maximum atomic E-state index is 12.6. The average Bonchev–Trinajstić information content (AvgIpc) is 2.84. The molecular weight excluding hydrogens is 406 g/mol. The average molecular weight is 436 g/mol. The third-order valence-corrected chi connectivity index (χ3v) is 5.07. The minimum absolute atomic E-state index is 0.0370. The van der Waals surface area contributed by atoms with Crippen molar-refractivity contribution in [2.75, 3.05) is 47.4 Å². The topological polar surface area (TPSA) is 63.6 Å². The van der Waals surface area contributed by atoms with Crippen LogP contribution in [0.25, 0.3) is 6.08 Å². The van der Waals surface area contributed by atoms with Gasteiger partial charge in [0.25, 0.3) is 0 Å². The lowest BCUT2D eigenvalue weighted by atomic mass is 10.1. The van der Waals surface area contributed by atoms with Crippen LogP contribution in [0.2, 0.25) is 0 Å². The molecule has 3 rings (SSSR count). The zero-order valence-electron chi connectivity index (χ0n) is 18.7. The van der Waals surface area contributed by atoms with Crippen molar-refractivity contribution in [3.8, 4) is 17.2 Å². The van der Waals surface area contributed by atoms with Crippen LogP contribution in [0.3, 0.4) is 0 Å². The molecule has 0 unspecified atom stereocenters. The molecule has 0 atom stereocenters. The maximum absolute atomic E-state index is 12.6. The second kappa shape index (κ2) is 11.7. The maximum Gasteiger partial charge on any atom is 0.246 e. The van der Waals surface area contributed by atoms with E-state index in [-0.39, 0.29) is 5.91 Å². The number of allylic oxidation sites excluding steroid dienone is 2. The zero-order chi connectivity index (χ0) is 22.8. The Morgan fingerprint density at radius 3 is 2.31 bits per heavy atom. The standard InChI is InChI=1S/C25H29N3O4/c1-27-15-17-28(18-16-27)25(29)14-12-21(26-32-22-7-5-4-6-8-22)11-9-20-10-13-23(30-2)24(19-20)31-3/h4-14,19H,15-18H2,1-3H3. The summed E-state index contributed by atoms with van der Waals surface area (Å²) in [6.45, 7) is 3.18. The molecule has 0 N–H and O–H groups in total. The van der Waals surface area contributed by atoms with Gasteiger partial charge in [-0.05, 0) is 49.0 Å². The quantitative estimate of drug-likeness (QED) is 0.361. The first-order valence-corrected chi connectivity index (χ1v) is 10.4. The van der Waals surface area contributed by atoms with E-state index in [4.69, 9.17) is 14.3 Å². The summed E-state index contributed by atoms with van der Waals surface area (Å²) in [5.41, 5.74) is 1.40. The number of rotatable bonds is 8. The number of ether oxygens (including phenoxy) is 2. The van der Waals surface area contributed by atoms with Gasteiger partial charge in [0.05, 0.1) is 14.2 Å². The number of benzene rings is 2. The Kier molecular flexibility index (Phi) is 8.45. The predicted molar refractivity (Wildman–Crippen MR) is 126 cm³/mol. The van der Waals surface area contributed by atoms with Crippen LogP contribution in [0.4, 0.5) is 0 Å². The predicted octanol–water partition coefficient (Wildman–Crippen LogP) is 3.48. The van der Waals surface area contributed by atoms with Crippen LogP contribution in [-0.4, -0.2) is 68.9 Å². The molecule has 1 amide bonds. The smallest absolute Gasteiger partial charge is 0.246 e. The largest absolute Gasteiger partial charge is 0.493 e. The Hall–Kier alpha value is -3.58. The van der Waals surface area contributed by atoms with Crippen LogP contribution < -0.4 is 14.3 Å². The fourth-order valence-corrected chi connectivity index (χ4v) is 3.13. The lowest BCUT2D eigenvalue weighted by molar-refractivity contribution is -0.127. The van der Waals surface area contributed by atoms with Crippen molar-refractivity contribution in [1.82, 2.24) is 9.80 Å². The van der Waals surface area contributed by atoms with Crippen LogP contribution in [0, 0.1) is 0 Å². The number of hydrogen-bond donors (Lipinski definition) is 0. The molecule has 1 saturated heterocycles. The Morgan fingerprint density at radius 1 is 0.906 bits per heavy atom. The van der Waals surface area contributed by atoms with Gasteiger partial charge in [0.2, 0.25) is 5.91 Å². The van der Waals surface area contributed by atoms with E-state index in [0.717, 1.165) is 18.7 Å². The lowest BCUT2D eigenvalue weighted by Gasteiger charge is -2.31. The number of methoxy groups -OCH3 is 2. The molecule has 0 saturated carbocycles. The molecule has 7 heteroatoms. The van der Waals surface area contributed by atoms with Crippen molar-refractivity contribution < 1.29 is 19.1 Å². The second-order valence-corrected chi connectivity index (χ2v) is 7.33. The van der Waals surface area contributed by atoms with E-state index >= 15 is 0 Å². The Morgan fingerprint density at radius 2 is 1.62 bits per heavy atom. The minimum Gasteiger partial charge on any atom is -0.493 e. The fraction of sp³-hybridized carbons (Fsp3) is 0.280. The van der Waals surface area contributed by atoms with E-state index in [2.05, 4.69) is 17.1 Å². The number of hydrogen-bond acceptors (Lipinski definition) is 6. The van der Waals surface area contributed by atoms with Gasteiger partial charge in [0.1, 0.15) is 5.71 Å². The highest BCUT2D eigenvalue weighted by Gasteiger charge is 2.16. The van der Waals surface area contributed by atoms with Crippen LogP contribution in [0.5, 0.6) is 17.2 Å². The van der Waals surface area contributed by atoms with Gasteiger partial charge in [-0.3, -0.25) is 4.79 Å². The lowest BCUT2D eigenvalue weighted by Crippen LogP contribution is -2.46. The van der Waals surface area contributed by atoms with Crippen molar-refractivity contribution >= 4 is 17.7 Å². The molecule has 0 aliphatic carbocycles. The zero-order valence-corrected chi connectivity index (χ0v) is 18.7. The van der Waals surface area contributed by atoms with Crippen molar-refractivity contribution in [3.05, 3.63) is 72.3 Å². The van der Waals surface area contributed by atoms with Crippen molar-refractivity contribution in [2.24, 2.45) is 5.16 Å². The van der Waals surface area contributed by atoms with Crippen molar-refractivity contribution in [2.45, 2.75) is 0 Å². The highest BCUT2D eigenvalue weighted by atomic mass is 16.6. The molecule has 1 aliphatic rings. The molecule has 1 fully saturated rings. The number of piperazine rings is 1. The van der Waals surface area contributed by atoms with Gasteiger partial charge in [-0.25, -0.2) is 0 Å². The Bertz CT molecular complexity index is 978. The summed E-state index contributed by atoms with van der Waals surface area (Å²) in [6, 6.07) is 14.9. The van der Waals surface area contributed by atoms with E-state index in [1.165, 1.54) is 6.08 Å². The molecule has 7 nitrogen and oxygen atoms in total. The Labute approximate surface area is 189 Å². The number of nitrogens with zero attached hydrogens (tertiary/aromatic N) is 3. The summed E-state index contributed by atoms with van der Waals surface area (Å²) >= 11 is 0. The highest BCUT2D eigenvalue weighted by Crippen LogP contribution is 2.28. The normalized spacial score (nSPS) is 15.3. The molecule has 0 aromatic heterocycles. The van der Waals surface area contributed by atoms with E-state index in [1.54, 1.807) is 26.4 Å². The summed E-state index contributed by atoms with van der Waals surface area (Å²) in [4.78, 5) is 22.2. The number of carbonyl (C=O) groups excluding carboxylic acids is 1. The van der Waals surface area contributed by atoms with E-state index in [0.29, 0.717) is 36.0 Å². The fourth-order valence-electron chi connectivity index (χ4n) is 3.13. The molecular formula is C25H29N3O4. The molecule has 2 aromatic rings. The van der Waals surface area contributed by atoms with Gasteiger partial charge in [0, 0.05) is 32.3 Å². The van der Waals surface area contributed by atoms with Gasteiger partial charge >= 0.3 is 0 Å². The van der Waals surface area contributed by atoms with Crippen molar-refractivity contribution in [3.63, 3.8) is 0 Å². The first-order chi connectivity index (χ1) is 15.6. The first kappa shape index (κ1) is 23.1. The summed E-state index contributed by atoms with van der Waals surface area (Å²) in [5, 5.41) is 4.22. The first-order valence-electron chi connectivity index (χ1n) is 10.4. The van der Waals surface area contributed by atoms with E-state index in [9.17, 15) is 4.79 Å². The third kappa shape index (κ3) is 6.72. The van der Waals surface area contributed by atoms with Gasteiger partial charge in [-0.15, -0.1) is 0 Å². The summed E-state index contributed by atoms with van der Waals surface area (Å²) in [7, 11) is 5.25. The second-order valence-electron chi connectivity index (χ2n) is 7.33. The molecule has 1 aliphatic heterocycles. The summed E-state index contributed by atoms with van der Waals surface area (Å²) in [5.74, 6) is 1.87. The third-order valence-electron chi connectivity index (χ3n) is 5.07.